The van der Waals surface area contributed by atoms with Gasteiger partial charge in [0.15, 0.2) is 5.82 Å². The summed E-state index contributed by atoms with van der Waals surface area (Å²) in [4.78, 5) is 24.3. The molecule has 0 unspecified atom stereocenters. The number of benzene rings is 5. The maximum Gasteiger partial charge on any atom is 0.160 e. The summed E-state index contributed by atoms with van der Waals surface area (Å²) in [6, 6.07) is 63.5. The van der Waals surface area contributed by atoms with Crippen molar-refractivity contribution in [2.24, 2.45) is 0 Å². The minimum Gasteiger partial charge on any atom is -0.254 e. The van der Waals surface area contributed by atoms with Gasteiger partial charge in [-0.1, -0.05) is 146 Å². The molecule has 0 amide bonds. The van der Waals surface area contributed by atoms with Crippen molar-refractivity contribution in [3.8, 4) is 96.1 Å². The third-order valence-electron chi connectivity index (χ3n) is 9.67. The summed E-state index contributed by atoms with van der Waals surface area (Å²) in [5.74, 6) is 0.687. The van der Waals surface area contributed by atoms with Gasteiger partial charge in [0.2, 0.25) is 0 Å². The molecular weight excluding hydrogens is 685 g/mol. The third-order valence-corrected chi connectivity index (χ3v) is 9.67. The van der Waals surface area contributed by atoms with Crippen LogP contribution in [0.25, 0.3) is 90.1 Å². The predicted molar refractivity (Wildman–Crippen MR) is 224 cm³/mol. The average molecular weight is 717 g/mol. The molecule has 0 aliphatic carbocycles. The molecule has 0 radical (unpaired) electrons. The normalized spacial score (nSPS) is 10.8. The molecule has 6 heteroatoms. The van der Waals surface area contributed by atoms with Crippen molar-refractivity contribution in [1.29, 1.82) is 5.26 Å². The van der Waals surface area contributed by atoms with Gasteiger partial charge < -0.3 is 0 Å². The summed E-state index contributed by atoms with van der Waals surface area (Å²) in [7, 11) is 0. The van der Waals surface area contributed by atoms with E-state index in [9.17, 15) is 5.26 Å². The summed E-state index contributed by atoms with van der Waals surface area (Å²) in [6.45, 7) is 0. The molecule has 56 heavy (non-hydrogen) atoms. The Morgan fingerprint density at radius 1 is 0.304 bits per heavy atom. The molecule has 9 rings (SSSR count). The van der Waals surface area contributed by atoms with E-state index >= 15 is 0 Å². The van der Waals surface area contributed by atoms with Gasteiger partial charge in [-0.25, -0.2) is 15.0 Å². The highest BCUT2D eigenvalue weighted by Gasteiger charge is 2.13. The van der Waals surface area contributed by atoms with Crippen LogP contribution in [0.15, 0.2) is 194 Å². The van der Waals surface area contributed by atoms with E-state index in [4.69, 9.17) is 19.9 Å². The minimum atomic E-state index is 0.505. The molecular formula is C50H32N6. The van der Waals surface area contributed by atoms with Crippen molar-refractivity contribution in [2.75, 3.05) is 0 Å². The number of rotatable bonds is 8. The Balaban J connectivity index is 0.968. The third kappa shape index (κ3) is 7.21. The highest BCUT2D eigenvalue weighted by atomic mass is 14.9. The van der Waals surface area contributed by atoms with Gasteiger partial charge in [-0.2, -0.15) is 5.26 Å². The molecule has 0 spiro atoms. The van der Waals surface area contributed by atoms with Crippen LogP contribution in [0, 0.1) is 11.3 Å². The molecule has 0 saturated carbocycles. The molecule has 0 aliphatic rings. The SMILES string of the molecule is N#Cc1ccc(-c2cc(-c3ccccc3)cc(-c3ccc(-c4ccc(-c5ccc(-c6nc(-c7ccccc7)cc(-c7ccccc7)n6)cc5)cc4)cn3)n2)nc1. The lowest BCUT2D eigenvalue weighted by molar-refractivity contribution is 1.18. The monoisotopic (exact) mass is 716 g/mol. The van der Waals surface area contributed by atoms with E-state index in [1.807, 2.05) is 79.0 Å². The molecule has 4 heterocycles. The van der Waals surface area contributed by atoms with Crippen LogP contribution in [0.3, 0.4) is 0 Å². The van der Waals surface area contributed by atoms with Crippen LogP contribution in [0.5, 0.6) is 0 Å². The lowest BCUT2D eigenvalue weighted by Gasteiger charge is -2.11. The second-order valence-electron chi connectivity index (χ2n) is 13.3. The van der Waals surface area contributed by atoms with Gasteiger partial charge in [-0.3, -0.25) is 9.97 Å². The van der Waals surface area contributed by atoms with E-state index in [0.29, 0.717) is 22.8 Å². The average Bonchev–Trinajstić information content (AvgIpc) is 3.30. The van der Waals surface area contributed by atoms with Crippen molar-refractivity contribution >= 4 is 0 Å². The largest absolute Gasteiger partial charge is 0.254 e. The molecule has 0 N–H and O–H groups in total. The number of hydrogen-bond acceptors (Lipinski definition) is 6. The number of aromatic nitrogens is 5. The standard InChI is InChI=1S/C50H32N6/c51-31-34-16-26-44(52-32-34)48-28-43(35-10-4-1-5-11-35)29-49(54-48)45-27-25-42(33-53-45)38-19-17-36(18-20-38)37-21-23-41(24-22-37)50-55-46(39-12-6-2-7-13-39)30-47(56-50)40-14-8-3-9-15-40/h1-30,32-33H. The first kappa shape index (κ1) is 33.9. The van der Waals surface area contributed by atoms with Crippen molar-refractivity contribution in [2.45, 2.75) is 0 Å². The van der Waals surface area contributed by atoms with E-state index in [0.717, 1.165) is 72.8 Å². The maximum absolute atomic E-state index is 9.25. The fraction of sp³-hybridized carbons (Fsp3) is 0. The summed E-state index contributed by atoms with van der Waals surface area (Å²) >= 11 is 0. The Hall–Kier alpha value is -7.88. The van der Waals surface area contributed by atoms with Crippen LogP contribution in [0.1, 0.15) is 5.56 Å². The quantitative estimate of drug-likeness (QED) is 0.156. The van der Waals surface area contributed by atoms with E-state index in [1.165, 1.54) is 0 Å². The fourth-order valence-electron chi connectivity index (χ4n) is 6.67. The first-order chi connectivity index (χ1) is 27.7. The molecule has 262 valence electrons. The summed E-state index contributed by atoms with van der Waals surface area (Å²) < 4.78 is 0. The van der Waals surface area contributed by atoms with Crippen molar-refractivity contribution in [3.05, 3.63) is 200 Å². The molecule has 0 atom stereocenters. The first-order valence-corrected chi connectivity index (χ1v) is 18.3. The van der Waals surface area contributed by atoms with Gasteiger partial charge in [-0.05, 0) is 64.2 Å². The zero-order valence-electron chi connectivity index (χ0n) is 30.2. The van der Waals surface area contributed by atoms with Crippen LogP contribution in [0.2, 0.25) is 0 Å². The highest BCUT2D eigenvalue weighted by Crippen LogP contribution is 2.32. The minimum absolute atomic E-state index is 0.505. The molecule has 0 aliphatic heterocycles. The number of nitrogens with zero attached hydrogens (tertiary/aromatic N) is 6. The van der Waals surface area contributed by atoms with E-state index in [1.54, 1.807) is 12.3 Å². The van der Waals surface area contributed by atoms with Gasteiger partial charge in [0.25, 0.3) is 0 Å². The van der Waals surface area contributed by atoms with Gasteiger partial charge in [-0.15, -0.1) is 0 Å². The molecule has 0 bridgehead atoms. The van der Waals surface area contributed by atoms with Crippen molar-refractivity contribution < 1.29 is 0 Å². The Kier molecular flexibility index (Phi) is 9.23. The van der Waals surface area contributed by atoms with E-state index in [2.05, 4.69) is 114 Å². The smallest absolute Gasteiger partial charge is 0.160 e. The van der Waals surface area contributed by atoms with Gasteiger partial charge >= 0.3 is 0 Å². The van der Waals surface area contributed by atoms with Gasteiger partial charge in [0.05, 0.1) is 39.7 Å². The molecule has 9 aromatic rings. The Morgan fingerprint density at radius 2 is 0.732 bits per heavy atom. The first-order valence-electron chi connectivity index (χ1n) is 18.3. The summed E-state index contributed by atoms with van der Waals surface area (Å²) in [5, 5.41) is 9.25. The van der Waals surface area contributed by atoms with Crippen LogP contribution < -0.4 is 0 Å². The van der Waals surface area contributed by atoms with E-state index < -0.39 is 0 Å². The Bertz CT molecular complexity index is 2740. The predicted octanol–water partition coefficient (Wildman–Crippen LogP) is 11.9. The lowest BCUT2D eigenvalue weighted by Crippen LogP contribution is -1.95. The fourth-order valence-corrected chi connectivity index (χ4v) is 6.67. The van der Waals surface area contributed by atoms with Crippen LogP contribution in [-0.2, 0) is 0 Å². The van der Waals surface area contributed by atoms with Crippen molar-refractivity contribution in [3.63, 3.8) is 0 Å². The van der Waals surface area contributed by atoms with Gasteiger partial charge in [0.1, 0.15) is 6.07 Å². The lowest BCUT2D eigenvalue weighted by atomic mass is 9.99. The van der Waals surface area contributed by atoms with Crippen LogP contribution >= 0.6 is 0 Å². The number of pyridine rings is 3. The maximum atomic E-state index is 9.25. The Labute approximate surface area is 325 Å². The second kappa shape index (κ2) is 15.2. The topological polar surface area (TPSA) is 88.2 Å². The number of hydrogen-bond donors (Lipinski definition) is 0. The molecule has 0 saturated heterocycles. The zero-order valence-corrected chi connectivity index (χ0v) is 30.2. The second-order valence-corrected chi connectivity index (χ2v) is 13.3. The van der Waals surface area contributed by atoms with Gasteiger partial charge in [0, 0.05) is 34.6 Å². The van der Waals surface area contributed by atoms with Crippen LogP contribution in [-0.4, -0.2) is 24.9 Å². The summed E-state index contributed by atoms with van der Waals surface area (Å²) in [6.07, 6.45) is 3.46. The zero-order chi connectivity index (χ0) is 37.7. The summed E-state index contributed by atoms with van der Waals surface area (Å²) in [5.41, 5.74) is 14.6. The molecule has 4 aromatic heterocycles. The molecule has 5 aromatic carbocycles. The molecule has 6 nitrogen and oxygen atoms in total. The Morgan fingerprint density at radius 3 is 1.20 bits per heavy atom. The van der Waals surface area contributed by atoms with E-state index in [-0.39, 0.29) is 0 Å². The van der Waals surface area contributed by atoms with Crippen LogP contribution in [0.4, 0.5) is 0 Å². The highest BCUT2D eigenvalue weighted by molar-refractivity contribution is 5.77. The van der Waals surface area contributed by atoms with Crippen molar-refractivity contribution in [1.82, 2.24) is 24.9 Å². The number of nitriles is 1. The molecule has 0 fully saturated rings.